The molecule has 1 aromatic rings. The van der Waals surface area contributed by atoms with Crippen LogP contribution >= 0.6 is 24.8 Å². The van der Waals surface area contributed by atoms with Gasteiger partial charge in [-0.1, -0.05) is 37.3 Å². The highest BCUT2D eigenvalue weighted by atomic mass is 35.5. The molecule has 0 aromatic heterocycles. The van der Waals surface area contributed by atoms with Gasteiger partial charge >= 0.3 is 0 Å². The summed E-state index contributed by atoms with van der Waals surface area (Å²) >= 11 is 0. The molecule has 0 heterocycles. The molecule has 0 spiro atoms. The van der Waals surface area contributed by atoms with E-state index in [1.54, 1.807) is 0 Å². The lowest BCUT2D eigenvalue weighted by molar-refractivity contribution is 1.08. The molecule has 1 unspecified atom stereocenters. The third-order valence-corrected chi connectivity index (χ3v) is 1.63. The molecule has 0 bridgehead atoms. The SMILES string of the molecule is CC([Si])c1ccccc1.Cl.Cl. The summed E-state index contributed by atoms with van der Waals surface area (Å²) in [6, 6.07) is 10.3. The third-order valence-electron chi connectivity index (χ3n) is 1.30. The van der Waals surface area contributed by atoms with Crippen molar-refractivity contribution in [3.05, 3.63) is 35.9 Å². The summed E-state index contributed by atoms with van der Waals surface area (Å²) < 4.78 is 0. The Morgan fingerprint density at radius 2 is 1.55 bits per heavy atom. The van der Waals surface area contributed by atoms with Gasteiger partial charge in [0, 0.05) is 10.2 Å². The van der Waals surface area contributed by atoms with Gasteiger partial charge in [-0.05, 0) is 11.1 Å². The van der Waals surface area contributed by atoms with Crippen molar-refractivity contribution < 1.29 is 0 Å². The molecule has 0 saturated heterocycles. The predicted octanol–water partition coefficient (Wildman–Crippen LogP) is 2.76. The molecular weight excluding hydrogens is 195 g/mol. The van der Waals surface area contributed by atoms with Crippen LogP contribution in [0.4, 0.5) is 0 Å². The van der Waals surface area contributed by atoms with Gasteiger partial charge in [-0.25, -0.2) is 0 Å². The van der Waals surface area contributed by atoms with Crippen LogP contribution in [0.2, 0.25) is 0 Å². The summed E-state index contributed by atoms with van der Waals surface area (Å²) in [6.45, 7) is 2.12. The summed E-state index contributed by atoms with van der Waals surface area (Å²) in [5.74, 6) is 0. The summed E-state index contributed by atoms with van der Waals surface area (Å²) in [4.78, 5) is 0. The van der Waals surface area contributed by atoms with Crippen molar-refractivity contribution in [1.29, 1.82) is 0 Å². The van der Waals surface area contributed by atoms with E-state index < -0.39 is 0 Å². The molecule has 0 aliphatic heterocycles. The van der Waals surface area contributed by atoms with Crippen molar-refractivity contribution in [1.82, 2.24) is 0 Å². The standard InChI is InChI=1S/C8H9Si.2ClH/c1-7(9)8-5-3-2-4-6-8;;/h2-7H,1H3;2*1H. The lowest BCUT2D eigenvalue weighted by Crippen LogP contribution is -1.89. The molecule has 1 aromatic carbocycles. The lowest BCUT2D eigenvalue weighted by Gasteiger charge is -2.01. The van der Waals surface area contributed by atoms with Crippen LogP contribution in [0.5, 0.6) is 0 Å². The van der Waals surface area contributed by atoms with Gasteiger partial charge in [0.25, 0.3) is 0 Å². The number of rotatable bonds is 1. The van der Waals surface area contributed by atoms with E-state index in [2.05, 4.69) is 29.3 Å². The number of hydrogen-bond acceptors (Lipinski definition) is 0. The predicted molar refractivity (Wildman–Crippen MR) is 55.1 cm³/mol. The van der Waals surface area contributed by atoms with Crippen LogP contribution < -0.4 is 0 Å². The molecule has 3 radical (unpaired) electrons. The maximum absolute atomic E-state index is 3.53. The monoisotopic (exact) mass is 205 g/mol. The smallest absolute Gasteiger partial charge is 0.0327 e. The fraction of sp³-hybridized carbons (Fsp3) is 0.250. The number of halogens is 2. The first kappa shape index (κ1) is 13.6. The molecule has 61 valence electrons. The Balaban J connectivity index is 0. The summed E-state index contributed by atoms with van der Waals surface area (Å²) in [7, 11) is 3.53. The van der Waals surface area contributed by atoms with E-state index in [0.717, 1.165) is 0 Å². The Morgan fingerprint density at radius 3 is 1.82 bits per heavy atom. The van der Waals surface area contributed by atoms with Crippen molar-refractivity contribution in [3.63, 3.8) is 0 Å². The normalized spacial score (nSPS) is 10.7. The Morgan fingerprint density at radius 1 is 1.09 bits per heavy atom. The third kappa shape index (κ3) is 4.46. The number of hydrogen-bond donors (Lipinski definition) is 0. The van der Waals surface area contributed by atoms with Gasteiger partial charge in [0.15, 0.2) is 0 Å². The van der Waals surface area contributed by atoms with Crippen LogP contribution in [0.15, 0.2) is 30.3 Å². The molecule has 0 amide bonds. The van der Waals surface area contributed by atoms with E-state index in [1.165, 1.54) is 5.56 Å². The molecule has 11 heavy (non-hydrogen) atoms. The molecular formula is C8H11Cl2Si. The molecule has 1 atom stereocenters. The van der Waals surface area contributed by atoms with Crippen LogP contribution in [0.3, 0.4) is 0 Å². The van der Waals surface area contributed by atoms with E-state index in [9.17, 15) is 0 Å². The van der Waals surface area contributed by atoms with Crippen LogP contribution in [0.25, 0.3) is 0 Å². The molecule has 1 rings (SSSR count). The van der Waals surface area contributed by atoms with E-state index in [-0.39, 0.29) is 24.8 Å². The first-order valence-electron chi connectivity index (χ1n) is 3.07. The molecule has 0 N–H and O–H groups in total. The lowest BCUT2D eigenvalue weighted by atomic mass is 10.2. The van der Waals surface area contributed by atoms with Gasteiger partial charge in [-0.15, -0.1) is 24.8 Å². The zero-order valence-electron chi connectivity index (χ0n) is 6.28. The Kier molecular flexibility index (Phi) is 8.29. The second-order valence-electron chi connectivity index (χ2n) is 2.13. The fourth-order valence-corrected chi connectivity index (χ4v) is 0.934. The largest absolute Gasteiger partial charge is 0.147 e. The first-order valence-corrected chi connectivity index (χ1v) is 3.64. The fourth-order valence-electron chi connectivity index (χ4n) is 0.742. The van der Waals surface area contributed by atoms with Gasteiger partial charge in [0.05, 0.1) is 0 Å². The molecule has 3 heteroatoms. The quantitative estimate of drug-likeness (QED) is 0.620. The minimum absolute atomic E-state index is 0. The summed E-state index contributed by atoms with van der Waals surface area (Å²) in [5.41, 5.74) is 1.79. The minimum Gasteiger partial charge on any atom is -0.147 e. The minimum atomic E-state index is 0. The van der Waals surface area contributed by atoms with E-state index >= 15 is 0 Å². The highest BCUT2D eigenvalue weighted by Gasteiger charge is 1.93. The summed E-state index contributed by atoms with van der Waals surface area (Å²) in [5, 5.41) is 0. The Labute approximate surface area is 83.6 Å². The van der Waals surface area contributed by atoms with Gasteiger partial charge in [0.2, 0.25) is 0 Å². The van der Waals surface area contributed by atoms with Gasteiger partial charge in [-0.2, -0.15) is 0 Å². The second kappa shape index (κ2) is 6.71. The first-order chi connectivity index (χ1) is 4.30. The van der Waals surface area contributed by atoms with Crippen molar-refractivity contribution >= 4 is 35.1 Å². The van der Waals surface area contributed by atoms with Gasteiger partial charge < -0.3 is 0 Å². The van der Waals surface area contributed by atoms with Crippen LogP contribution in [-0.4, -0.2) is 10.2 Å². The molecule has 0 fully saturated rings. The highest BCUT2D eigenvalue weighted by Crippen LogP contribution is 2.08. The van der Waals surface area contributed by atoms with E-state index in [0.29, 0.717) is 5.54 Å². The van der Waals surface area contributed by atoms with E-state index in [1.807, 2.05) is 18.2 Å². The van der Waals surface area contributed by atoms with Crippen molar-refractivity contribution in [2.75, 3.05) is 0 Å². The zero-order chi connectivity index (χ0) is 6.69. The summed E-state index contributed by atoms with van der Waals surface area (Å²) in [6.07, 6.45) is 0. The maximum Gasteiger partial charge on any atom is 0.0327 e. The Hall–Kier alpha value is 0.0169. The zero-order valence-corrected chi connectivity index (χ0v) is 8.91. The van der Waals surface area contributed by atoms with E-state index in [4.69, 9.17) is 0 Å². The second-order valence-corrected chi connectivity index (χ2v) is 3.00. The van der Waals surface area contributed by atoms with Crippen molar-refractivity contribution in [2.24, 2.45) is 0 Å². The van der Waals surface area contributed by atoms with Gasteiger partial charge in [-0.3, -0.25) is 0 Å². The van der Waals surface area contributed by atoms with Crippen LogP contribution in [-0.2, 0) is 0 Å². The number of benzene rings is 1. The molecule has 0 aliphatic rings. The molecule has 0 nitrogen and oxygen atoms in total. The van der Waals surface area contributed by atoms with Crippen molar-refractivity contribution in [2.45, 2.75) is 12.5 Å². The molecule has 0 aliphatic carbocycles. The van der Waals surface area contributed by atoms with Crippen molar-refractivity contribution in [3.8, 4) is 0 Å². The average Bonchev–Trinajstić information content (AvgIpc) is 1.90. The van der Waals surface area contributed by atoms with Gasteiger partial charge in [0.1, 0.15) is 0 Å². The van der Waals surface area contributed by atoms with Crippen LogP contribution in [0, 0.1) is 0 Å². The topological polar surface area (TPSA) is 0 Å². The average molecular weight is 206 g/mol. The Bertz CT molecular complexity index is 175. The molecule has 0 saturated carbocycles. The maximum atomic E-state index is 3.53. The van der Waals surface area contributed by atoms with Crippen LogP contribution in [0.1, 0.15) is 18.0 Å². The highest BCUT2D eigenvalue weighted by molar-refractivity contribution is 6.12.